The second kappa shape index (κ2) is 13.1. The van der Waals surface area contributed by atoms with E-state index in [1.807, 2.05) is 0 Å². The SMILES string of the molecule is CCCCOC(=O)CCCCC=CCCCc1ccccc1. The average Bonchev–Trinajstić information content (AvgIpc) is 2.54. The molecule has 0 saturated carbocycles. The first-order valence-electron chi connectivity index (χ1n) is 8.67. The van der Waals surface area contributed by atoms with Crippen molar-refractivity contribution in [2.24, 2.45) is 0 Å². The van der Waals surface area contributed by atoms with Gasteiger partial charge in [0.25, 0.3) is 0 Å². The Morgan fingerprint density at radius 1 is 1.00 bits per heavy atom. The summed E-state index contributed by atoms with van der Waals surface area (Å²) >= 11 is 0. The molecule has 0 spiro atoms. The van der Waals surface area contributed by atoms with Gasteiger partial charge in [-0.2, -0.15) is 0 Å². The van der Waals surface area contributed by atoms with E-state index < -0.39 is 0 Å². The lowest BCUT2D eigenvalue weighted by Gasteiger charge is -2.02. The van der Waals surface area contributed by atoms with E-state index in [4.69, 9.17) is 4.74 Å². The summed E-state index contributed by atoms with van der Waals surface area (Å²) in [5, 5.41) is 0. The fourth-order valence-corrected chi connectivity index (χ4v) is 2.24. The van der Waals surface area contributed by atoms with Crippen LogP contribution in [0.2, 0.25) is 0 Å². The first kappa shape index (κ1) is 18.5. The van der Waals surface area contributed by atoms with E-state index in [9.17, 15) is 4.79 Å². The molecule has 2 heteroatoms. The molecular weight excluding hydrogens is 272 g/mol. The third kappa shape index (κ3) is 10.2. The number of aryl methyl sites for hydroxylation is 1. The van der Waals surface area contributed by atoms with Crippen LogP contribution in [0, 0.1) is 0 Å². The minimum atomic E-state index is -0.0414. The monoisotopic (exact) mass is 302 g/mol. The van der Waals surface area contributed by atoms with Crippen LogP contribution in [-0.4, -0.2) is 12.6 Å². The molecule has 1 rings (SSSR count). The fraction of sp³-hybridized carbons (Fsp3) is 0.550. The van der Waals surface area contributed by atoms with Crippen molar-refractivity contribution < 1.29 is 9.53 Å². The first-order valence-corrected chi connectivity index (χ1v) is 8.67. The maximum atomic E-state index is 11.4. The van der Waals surface area contributed by atoms with Gasteiger partial charge in [0.2, 0.25) is 0 Å². The van der Waals surface area contributed by atoms with E-state index in [0.29, 0.717) is 13.0 Å². The summed E-state index contributed by atoms with van der Waals surface area (Å²) in [7, 11) is 0. The van der Waals surface area contributed by atoms with Gasteiger partial charge < -0.3 is 4.74 Å². The molecule has 1 aromatic rings. The molecule has 1 aromatic carbocycles. The van der Waals surface area contributed by atoms with Gasteiger partial charge in [0.1, 0.15) is 0 Å². The molecule has 0 amide bonds. The normalized spacial score (nSPS) is 11.0. The average molecular weight is 302 g/mol. The highest BCUT2D eigenvalue weighted by Crippen LogP contribution is 2.07. The highest BCUT2D eigenvalue weighted by atomic mass is 16.5. The number of rotatable bonds is 12. The van der Waals surface area contributed by atoms with Crippen LogP contribution in [0.15, 0.2) is 42.5 Å². The molecule has 2 nitrogen and oxygen atoms in total. The maximum absolute atomic E-state index is 11.4. The Bertz CT molecular complexity index is 409. The predicted octanol–water partition coefficient (Wildman–Crippen LogP) is 5.47. The Balaban J connectivity index is 1.91. The van der Waals surface area contributed by atoms with Crippen molar-refractivity contribution in [2.45, 2.75) is 64.7 Å². The molecule has 0 radical (unpaired) electrons. The van der Waals surface area contributed by atoms with Gasteiger partial charge in [0.15, 0.2) is 0 Å². The number of ether oxygens (including phenoxy) is 1. The van der Waals surface area contributed by atoms with E-state index >= 15 is 0 Å². The van der Waals surface area contributed by atoms with Crippen molar-refractivity contribution in [1.29, 1.82) is 0 Å². The topological polar surface area (TPSA) is 26.3 Å². The van der Waals surface area contributed by atoms with Crippen molar-refractivity contribution in [2.75, 3.05) is 6.61 Å². The van der Waals surface area contributed by atoms with Crippen LogP contribution in [0.4, 0.5) is 0 Å². The van der Waals surface area contributed by atoms with Crippen molar-refractivity contribution >= 4 is 5.97 Å². The fourth-order valence-electron chi connectivity index (χ4n) is 2.24. The molecule has 0 aliphatic rings. The van der Waals surface area contributed by atoms with Gasteiger partial charge in [-0.15, -0.1) is 0 Å². The van der Waals surface area contributed by atoms with Crippen molar-refractivity contribution in [3.05, 3.63) is 48.0 Å². The number of hydrogen-bond donors (Lipinski definition) is 0. The zero-order valence-electron chi connectivity index (χ0n) is 13.9. The molecular formula is C20H30O2. The van der Waals surface area contributed by atoms with E-state index in [2.05, 4.69) is 49.4 Å². The Hall–Kier alpha value is -1.57. The number of allylic oxidation sites excluding steroid dienone is 2. The standard InChI is InChI=1S/C20H30O2/c1-2-3-18-22-20(21)17-13-8-6-4-5-7-10-14-19-15-11-9-12-16-19/h4-5,9,11-12,15-16H,2-3,6-8,10,13-14,17-18H2,1H3. The van der Waals surface area contributed by atoms with E-state index in [1.54, 1.807) is 0 Å². The van der Waals surface area contributed by atoms with Gasteiger partial charge in [-0.25, -0.2) is 0 Å². The molecule has 0 saturated heterocycles. The summed E-state index contributed by atoms with van der Waals surface area (Å²) in [6, 6.07) is 10.6. The zero-order valence-corrected chi connectivity index (χ0v) is 13.9. The van der Waals surface area contributed by atoms with Crippen LogP contribution in [0.25, 0.3) is 0 Å². The van der Waals surface area contributed by atoms with Gasteiger partial charge in [-0.1, -0.05) is 55.8 Å². The molecule has 0 atom stereocenters. The number of esters is 1. The van der Waals surface area contributed by atoms with E-state index in [1.165, 1.54) is 12.0 Å². The zero-order chi connectivity index (χ0) is 15.9. The Labute approximate surface area is 135 Å². The predicted molar refractivity (Wildman–Crippen MR) is 92.9 cm³/mol. The lowest BCUT2D eigenvalue weighted by molar-refractivity contribution is -0.143. The highest BCUT2D eigenvalue weighted by molar-refractivity contribution is 5.69. The molecule has 0 N–H and O–H groups in total. The van der Waals surface area contributed by atoms with Crippen LogP contribution in [0.3, 0.4) is 0 Å². The molecule has 22 heavy (non-hydrogen) atoms. The van der Waals surface area contributed by atoms with Gasteiger partial charge in [-0.3, -0.25) is 4.79 Å². The smallest absolute Gasteiger partial charge is 0.305 e. The van der Waals surface area contributed by atoms with Gasteiger partial charge in [0, 0.05) is 6.42 Å². The molecule has 0 fully saturated rings. The van der Waals surface area contributed by atoms with E-state index in [0.717, 1.165) is 44.9 Å². The lowest BCUT2D eigenvalue weighted by Crippen LogP contribution is -2.05. The van der Waals surface area contributed by atoms with Crippen molar-refractivity contribution in [3.8, 4) is 0 Å². The van der Waals surface area contributed by atoms with Crippen LogP contribution < -0.4 is 0 Å². The maximum Gasteiger partial charge on any atom is 0.305 e. The van der Waals surface area contributed by atoms with E-state index in [-0.39, 0.29) is 5.97 Å². The summed E-state index contributed by atoms with van der Waals surface area (Å²) in [4.78, 5) is 11.4. The summed E-state index contributed by atoms with van der Waals surface area (Å²) in [6.07, 6.45) is 13.7. The second-order valence-corrected chi connectivity index (χ2v) is 5.67. The summed E-state index contributed by atoms with van der Waals surface area (Å²) < 4.78 is 5.13. The Morgan fingerprint density at radius 2 is 1.73 bits per heavy atom. The van der Waals surface area contributed by atoms with Crippen LogP contribution in [0.5, 0.6) is 0 Å². The molecule has 0 aromatic heterocycles. The highest BCUT2D eigenvalue weighted by Gasteiger charge is 2.00. The van der Waals surface area contributed by atoms with Crippen LogP contribution >= 0.6 is 0 Å². The third-order valence-electron chi connectivity index (χ3n) is 3.61. The largest absolute Gasteiger partial charge is 0.466 e. The number of carbonyl (C=O) groups is 1. The summed E-state index contributed by atoms with van der Waals surface area (Å²) in [5.41, 5.74) is 1.41. The minimum Gasteiger partial charge on any atom is -0.466 e. The molecule has 0 aliphatic carbocycles. The Morgan fingerprint density at radius 3 is 2.45 bits per heavy atom. The second-order valence-electron chi connectivity index (χ2n) is 5.67. The van der Waals surface area contributed by atoms with Gasteiger partial charge in [-0.05, 0) is 50.5 Å². The lowest BCUT2D eigenvalue weighted by atomic mass is 10.1. The summed E-state index contributed by atoms with van der Waals surface area (Å²) in [6.45, 7) is 2.68. The summed E-state index contributed by atoms with van der Waals surface area (Å²) in [5.74, 6) is -0.0414. The quantitative estimate of drug-likeness (QED) is 0.291. The third-order valence-corrected chi connectivity index (χ3v) is 3.61. The number of hydrogen-bond acceptors (Lipinski definition) is 2. The minimum absolute atomic E-state index is 0.0414. The number of benzene rings is 1. The Kier molecular flexibility index (Phi) is 11.0. The molecule has 122 valence electrons. The molecule has 0 aliphatic heterocycles. The van der Waals surface area contributed by atoms with Crippen LogP contribution in [0.1, 0.15) is 63.9 Å². The number of carbonyl (C=O) groups excluding carboxylic acids is 1. The van der Waals surface area contributed by atoms with Crippen molar-refractivity contribution in [3.63, 3.8) is 0 Å². The molecule has 0 bridgehead atoms. The van der Waals surface area contributed by atoms with Gasteiger partial charge >= 0.3 is 5.97 Å². The first-order chi connectivity index (χ1) is 10.8. The van der Waals surface area contributed by atoms with Crippen molar-refractivity contribution in [1.82, 2.24) is 0 Å². The number of unbranched alkanes of at least 4 members (excludes halogenated alkanes) is 4. The van der Waals surface area contributed by atoms with Crippen LogP contribution in [-0.2, 0) is 16.0 Å². The molecule has 0 heterocycles. The molecule has 0 unspecified atom stereocenters. The van der Waals surface area contributed by atoms with Gasteiger partial charge in [0.05, 0.1) is 6.61 Å².